The lowest BCUT2D eigenvalue weighted by Gasteiger charge is -2.33. The van der Waals surface area contributed by atoms with E-state index in [4.69, 9.17) is 9.47 Å². The van der Waals surface area contributed by atoms with Crippen LogP contribution in [0, 0.1) is 11.3 Å². The van der Waals surface area contributed by atoms with Crippen LogP contribution in [0.4, 0.5) is 4.79 Å². The number of nitrogens with one attached hydrogen (secondary N) is 1. The summed E-state index contributed by atoms with van der Waals surface area (Å²) in [5.74, 6) is 0.274. The maximum atomic E-state index is 12.8. The van der Waals surface area contributed by atoms with Crippen molar-refractivity contribution < 1.29 is 19.1 Å². The normalized spacial score (nSPS) is 27.0. The summed E-state index contributed by atoms with van der Waals surface area (Å²) in [5.41, 5.74) is -0.825. The lowest BCUT2D eigenvalue weighted by Crippen LogP contribution is -2.53. The molecule has 0 saturated carbocycles. The van der Waals surface area contributed by atoms with Crippen LogP contribution in [0.15, 0.2) is 0 Å². The highest BCUT2D eigenvalue weighted by Crippen LogP contribution is 2.37. The fourth-order valence-corrected chi connectivity index (χ4v) is 3.42. The summed E-state index contributed by atoms with van der Waals surface area (Å²) in [4.78, 5) is 26.8. The van der Waals surface area contributed by atoms with E-state index in [0.29, 0.717) is 25.6 Å². The van der Waals surface area contributed by atoms with Crippen LogP contribution in [0.3, 0.4) is 0 Å². The highest BCUT2D eigenvalue weighted by atomic mass is 16.6. The van der Waals surface area contributed by atoms with Crippen molar-refractivity contribution in [1.29, 1.82) is 0 Å². The van der Waals surface area contributed by atoms with Crippen LogP contribution in [0.5, 0.6) is 0 Å². The van der Waals surface area contributed by atoms with Gasteiger partial charge >= 0.3 is 6.09 Å². The van der Waals surface area contributed by atoms with Gasteiger partial charge in [0, 0.05) is 19.7 Å². The largest absolute Gasteiger partial charge is 0.444 e. The highest BCUT2D eigenvalue weighted by Gasteiger charge is 2.48. The second kappa shape index (κ2) is 7.30. The molecule has 2 heterocycles. The van der Waals surface area contributed by atoms with Gasteiger partial charge in [-0.05, 0) is 51.4 Å². The van der Waals surface area contributed by atoms with Gasteiger partial charge < -0.3 is 14.8 Å². The molecule has 0 aromatic carbocycles. The van der Waals surface area contributed by atoms with E-state index in [0.717, 1.165) is 25.9 Å². The third-order valence-corrected chi connectivity index (χ3v) is 4.74. The van der Waals surface area contributed by atoms with Crippen molar-refractivity contribution in [3.05, 3.63) is 0 Å². The molecule has 2 atom stereocenters. The first-order valence-electron chi connectivity index (χ1n) is 8.95. The number of amides is 2. The zero-order chi connectivity index (χ0) is 18.0. The first-order valence-corrected chi connectivity index (χ1v) is 8.95. The molecule has 0 spiro atoms. The standard InChI is InChI=1S/C18H32N2O4/c1-17(2,3)24-16(22)20-9-8-18(4,5)14(20)15(21)19-11-13-7-6-10-23-12-13/h13-14H,6-12H2,1-5H3,(H,19,21)/t13-,14-/m1/s1. The number of hydrogen-bond donors (Lipinski definition) is 1. The monoisotopic (exact) mass is 340 g/mol. The van der Waals surface area contributed by atoms with E-state index in [9.17, 15) is 9.59 Å². The Morgan fingerprint density at radius 2 is 2.04 bits per heavy atom. The third-order valence-electron chi connectivity index (χ3n) is 4.74. The van der Waals surface area contributed by atoms with Gasteiger partial charge in [-0.3, -0.25) is 9.69 Å². The van der Waals surface area contributed by atoms with Gasteiger partial charge in [0.05, 0.1) is 6.61 Å². The molecule has 2 saturated heterocycles. The average molecular weight is 340 g/mol. The molecule has 2 fully saturated rings. The molecule has 6 nitrogen and oxygen atoms in total. The highest BCUT2D eigenvalue weighted by molar-refractivity contribution is 5.87. The predicted molar refractivity (Wildman–Crippen MR) is 91.7 cm³/mol. The van der Waals surface area contributed by atoms with E-state index in [1.54, 1.807) is 4.90 Å². The summed E-state index contributed by atoms with van der Waals surface area (Å²) in [5, 5.41) is 3.03. The molecule has 0 aromatic heterocycles. The molecule has 2 rings (SSSR count). The maximum Gasteiger partial charge on any atom is 0.410 e. The Morgan fingerprint density at radius 3 is 2.62 bits per heavy atom. The van der Waals surface area contributed by atoms with E-state index in [-0.39, 0.29) is 11.3 Å². The van der Waals surface area contributed by atoms with Crippen LogP contribution in [0.25, 0.3) is 0 Å². The van der Waals surface area contributed by atoms with Gasteiger partial charge in [-0.1, -0.05) is 13.8 Å². The summed E-state index contributed by atoms with van der Waals surface area (Å²) >= 11 is 0. The van der Waals surface area contributed by atoms with Crippen molar-refractivity contribution in [3.63, 3.8) is 0 Å². The summed E-state index contributed by atoms with van der Waals surface area (Å²) in [6.07, 6.45) is 2.50. The molecule has 0 aliphatic carbocycles. The van der Waals surface area contributed by atoms with E-state index < -0.39 is 17.7 Å². The van der Waals surface area contributed by atoms with E-state index >= 15 is 0 Å². The van der Waals surface area contributed by atoms with Crippen molar-refractivity contribution in [3.8, 4) is 0 Å². The van der Waals surface area contributed by atoms with Gasteiger partial charge in [-0.2, -0.15) is 0 Å². The fourth-order valence-electron chi connectivity index (χ4n) is 3.42. The van der Waals surface area contributed by atoms with Crippen molar-refractivity contribution >= 4 is 12.0 Å². The molecule has 1 N–H and O–H groups in total. The van der Waals surface area contributed by atoms with Crippen molar-refractivity contribution in [2.75, 3.05) is 26.3 Å². The van der Waals surface area contributed by atoms with Crippen molar-refractivity contribution in [2.24, 2.45) is 11.3 Å². The Bertz CT molecular complexity index is 464. The lowest BCUT2D eigenvalue weighted by atomic mass is 9.84. The zero-order valence-electron chi connectivity index (χ0n) is 15.7. The number of carbonyl (C=O) groups excluding carboxylic acids is 2. The van der Waals surface area contributed by atoms with Crippen LogP contribution >= 0.6 is 0 Å². The van der Waals surface area contributed by atoms with Crippen LogP contribution in [0.2, 0.25) is 0 Å². The topological polar surface area (TPSA) is 67.9 Å². The van der Waals surface area contributed by atoms with Gasteiger partial charge in [0.2, 0.25) is 5.91 Å². The molecule has 0 radical (unpaired) electrons. The van der Waals surface area contributed by atoms with Crippen LogP contribution < -0.4 is 5.32 Å². The Morgan fingerprint density at radius 1 is 1.33 bits per heavy atom. The second-order valence-electron chi connectivity index (χ2n) is 8.64. The molecule has 2 aliphatic heterocycles. The number of nitrogens with zero attached hydrogens (tertiary/aromatic N) is 1. The zero-order valence-corrected chi connectivity index (χ0v) is 15.7. The molecule has 2 aliphatic rings. The molecule has 138 valence electrons. The Balaban J connectivity index is 1.99. The van der Waals surface area contributed by atoms with Crippen LogP contribution in [-0.2, 0) is 14.3 Å². The quantitative estimate of drug-likeness (QED) is 0.857. The lowest BCUT2D eigenvalue weighted by molar-refractivity contribution is -0.128. The first-order chi connectivity index (χ1) is 11.1. The van der Waals surface area contributed by atoms with Gasteiger partial charge in [-0.15, -0.1) is 0 Å². The number of rotatable bonds is 3. The minimum Gasteiger partial charge on any atom is -0.444 e. The average Bonchev–Trinajstić information content (AvgIpc) is 2.80. The Kier molecular flexibility index (Phi) is 5.78. The minimum absolute atomic E-state index is 0.0890. The molecule has 2 amide bonds. The van der Waals surface area contributed by atoms with Crippen molar-refractivity contribution in [2.45, 2.75) is 65.5 Å². The molecular formula is C18H32N2O4. The fraction of sp³-hybridized carbons (Fsp3) is 0.889. The molecule has 6 heteroatoms. The van der Waals surface area contributed by atoms with Crippen LogP contribution in [-0.4, -0.2) is 54.8 Å². The van der Waals surface area contributed by atoms with Crippen molar-refractivity contribution in [1.82, 2.24) is 10.2 Å². The van der Waals surface area contributed by atoms with Gasteiger partial charge in [-0.25, -0.2) is 4.79 Å². The maximum absolute atomic E-state index is 12.8. The summed E-state index contributed by atoms with van der Waals surface area (Å²) in [7, 11) is 0. The van der Waals surface area contributed by atoms with E-state index in [1.807, 2.05) is 34.6 Å². The molecular weight excluding hydrogens is 308 g/mol. The second-order valence-corrected chi connectivity index (χ2v) is 8.64. The van der Waals surface area contributed by atoms with Gasteiger partial charge in [0.1, 0.15) is 11.6 Å². The van der Waals surface area contributed by atoms with Gasteiger partial charge in [0.15, 0.2) is 0 Å². The summed E-state index contributed by atoms with van der Waals surface area (Å²) in [6.45, 7) is 12.2. The SMILES string of the molecule is CC(C)(C)OC(=O)N1CCC(C)(C)[C@H]1C(=O)NC[C@H]1CCCOC1. The van der Waals surface area contributed by atoms with Crippen LogP contribution in [0.1, 0.15) is 53.9 Å². The Hall–Kier alpha value is -1.30. The number of carbonyl (C=O) groups is 2. The summed E-state index contributed by atoms with van der Waals surface area (Å²) < 4.78 is 10.9. The number of hydrogen-bond acceptors (Lipinski definition) is 4. The predicted octanol–water partition coefficient (Wildman–Crippen LogP) is 2.56. The summed E-state index contributed by atoms with van der Waals surface area (Å²) in [6, 6.07) is -0.489. The number of likely N-dealkylation sites (tertiary alicyclic amines) is 1. The molecule has 0 bridgehead atoms. The number of ether oxygens (including phenoxy) is 2. The smallest absolute Gasteiger partial charge is 0.410 e. The minimum atomic E-state index is -0.565. The molecule has 0 aromatic rings. The van der Waals surface area contributed by atoms with E-state index in [1.165, 1.54) is 0 Å². The molecule has 24 heavy (non-hydrogen) atoms. The van der Waals surface area contributed by atoms with E-state index in [2.05, 4.69) is 5.32 Å². The van der Waals surface area contributed by atoms with Gasteiger partial charge in [0.25, 0.3) is 0 Å². The third kappa shape index (κ3) is 4.85. The molecule has 0 unspecified atom stereocenters. The first kappa shape index (κ1) is 19.0. The Labute approximate surface area is 145 Å².